The molecule has 1 aromatic carbocycles. The minimum absolute atomic E-state index is 0.140. The minimum Gasteiger partial charge on any atom is -0.507 e. The molecule has 0 aliphatic carbocycles. The van der Waals surface area contributed by atoms with Gasteiger partial charge in [0.2, 0.25) is 0 Å². The predicted octanol–water partition coefficient (Wildman–Crippen LogP) is 2.41. The molecule has 0 saturated carbocycles. The average molecular weight is 228 g/mol. The normalized spacial score (nSPS) is 10.1. The van der Waals surface area contributed by atoms with Crippen LogP contribution in [0.4, 0.5) is 4.39 Å². The Morgan fingerprint density at radius 1 is 1.50 bits per heavy atom. The lowest BCUT2D eigenvalue weighted by Crippen LogP contribution is -2.05. The lowest BCUT2D eigenvalue weighted by Gasteiger charge is -2.10. The van der Waals surface area contributed by atoms with Gasteiger partial charge in [-0.1, -0.05) is 13.3 Å². The van der Waals surface area contributed by atoms with Gasteiger partial charge in [0.25, 0.3) is 0 Å². The average Bonchev–Trinajstić information content (AvgIpc) is 2.16. The SMILES string of the molecule is CCCCOc1cc(F)cc(O)c1C(=O)O. The molecule has 1 aromatic rings. The minimum atomic E-state index is -1.34. The van der Waals surface area contributed by atoms with Crippen molar-refractivity contribution in [2.24, 2.45) is 0 Å². The van der Waals surface area contributed by atoms with Crippen LogP contribution in [0, 0.1) is 5.82 Å². The summed E-state index contributed by atoms with van der Waals surface area (Å²) in [5, 5.41) is 18.1. The van der Waals surface area contributed by atoms with Gasteiger partial charge in [-0.25, -0.2) is 9.18 Å². The largest absolute Gasteiger partial charge is 0.507 e. The molecule has 2 N–H and O–H groups in total. The molecule has 1 rings (SSSR count). The van der Waals surface area contributed by atoms with Crippen molar-refractivity contribution >= 4 is 5.97 Å². The van der Waals surface area contributed by atoms with Crippen LogP contribution in [0.5, 0.6) is 11.5 Å². The van der Waals surface area contributed by atoms with Crippen molar-refractivity contribution in [2.45, 2.75) is 19.8 Å². The zero-order chi connectivity index (χ0) is 12.1. The highest BCUT2D eigenvalue weighted by atomic mass is 19.1. The van der Waals surface area contributed by atoms with E-state index in [1.165, 1.54) is 0 Å². The van der Waals surface area contributed by atoms with Crippen LogP contribution in [0.15, 0.2) is 12.1 Å². The van der Waals surface area contributed by atoms with E-state index in [0.29, 0.717) is 6.61 Å². The van der Waals surface area contributed by atoms with Crippen molar-refractivity contribution in [3.63, 3.8) is 0 Å². The molecule has 0 fully saturated rings. The van der Waals surface area contributed by atoms with Crippen LogP contribution in [-0.4, -0.2) is 22.8 Å². The summed E-state index contributed by atoms with van der Waals surface area (Å²) in [5.74, 6) is -2.84. The van der Waals surface area contributed by atoms with Crippen molar-refractivity contribution in [2.75, 3.05) is 6.61 Å². The van der Waals surface area contributed by atoms with Crippen LogP contribution < -0.4 is 4.74 Å². The zero-order valence-corrected chi connectivity index (χ0v) is 8.86. The number of carbonyl (C=O) groups is 1. The molecular weight excluding hydrogens is 215 g/mol. The maximum Gasteiger partial charge on any atom is 0.343 e. The summed E-state index contributed by atoms with van der Waals surface area (Å²) in [6, 6.07) is 1.70. The third-order valence-corrected chi connectivity index (χ3v) is 2.02. The molecule has 0 aliphatic heterocycles. The molecular formula is C11H13FO4. The first-order valence-corrected chi connectivity index (χ1v) is 4.94. The lowest BCUT2D eigenvalue weighted by atomic mass is 10.1. The highest BCUT2D eigenvalue weighted by molar-refractivity contribution is 5.94. The molecule has 0 bridgehead atoms. The Morgan fingerprint density at radius 2 is 2.19 bits per heavy atom. The number of hydrogen-bond acceptors (Lipinski definition) is 3. The fraction of sp³-hybridized carbons (Fsp3) is 0.364. The fourth-order valence-corrected chi connectivity index (χ4v) is 1.22. The summed E-state index contributed by atoms with van der Waals surface area (Å²) in [7, 11) is 0. The Balaban J connectivity index is 2.99. The molecule has 0 unspecified atom stereocenters. The lowest BCUT2D eigenvalue weighted by molar-refractivity contribution is 0.0688. The number of phenols is 1. The van der Waals surface area contributed by atoms with Gasteiger partial charge in [-0.2, -0.15) is 0 Å². The van der Waals surface area contributed by atoms with Crippen molar-refractivity contribution < 1.29 is 24.1 Å². The quantitative estimate of drug-likeness (QED) is 0.759. The zero-order valence-electron chi connectivity index (χ0n) is 8.86. The van der Waals surface area contributed by atoms with Crippen LogP contribution in [-0.2, 0) is 0 Å². The van der Waals surface area contributed by atoms with Crippen LogP contribution in [0.25, 0.3) is 0 Å². The maximum absolute atomic E-state index is 12.9. The van der Waals surface area contributed by atoms with Gasteiger partial charge in [0.15, 0.2) is 0 Å². The summed E-state index contributed by atoms with van der Waals surface area (Å²) >= 11 is 0. The van der Waals surface area contributed by atoms with E-state index in [-0.39, 0.29) is 5.75 Å². The number of ether oxygens (including phenoxy) is 1. The second kappa shape index (κ2) is 5.34. The van der Waals surface area contributed by atoms with Crippen molar-refractivity contribution in [1.82, 2.24) is 0 Å². The number of rotatable bonds is 5. The van der Waals surface area contributed by atoms with Gasteiger partial charge < -0.3 is 14.9 Å². The summed E-state index contributed by atoms with van der Waals surface area (Å²) < 4.78 is 18.1. The van der Waals surface area contributed by atoms with Crippen LogP contribution in [0.1, 0.15) is 30.1 Å². The predicted molar refractivity (Wildman–Crippen MR) is 55.4 cm³/mol. The van der Waals surface area contributed by atoms with E-state index in [1.807, 2.05) is 6.92 Å². The Hall–Kier alpha value is -1.78. The molecule has 5 heteroatoms. The number of halogens is 1. The maximum atomic E-state index is 12.9. The number of carboxylic acid groups (broad SMARTS) is 1. The molecule has 0 spiro atoms. The van der Waals surface area contributed by atoms with Gasteiger partial charge in [-0.3, -0.25) is 0 Å². The Kier molecular flexibility index (Phi) is 4.10. The first-order valence-electron chi connectivity index (χ1n) is 4.94. The summed E-state index contributed by atoms with van der Waals surface area (Å²) in [6.45, 7) is 2.24. The number of benzene rings is 1. The van der Waals surface area contributed by atoms with Crippen molar-refractivity contribution in [1.29, 1.82) is 0 Å². The van der Waals surface area contributed by atoms with Gasteiger partial charge >= 0.3 is 5.97 Å². The second-order valence-corrected chi connectivity index (χ2v) is 3.31. The monoisotopic (exact) mass is 228 g/mol. The van der Waals surface area contributed by atoms with Gasteiger partial charge in [0.1, 0.15) is 22.9 Å². The van der Waals surface area contributed by atoms with Gasteiger partial charge in [-0.15, -0.1) is 0 Å². The summed E-state index contributed by atoms with van der Waals surface area (Å²) in [5.41, 5.74) is -0.405. The molecule has 16 heavy (non-hydrogen) atoms. The van der Waals surface area contributed by atoms with E-state index in [0.717, 1.165) is 25.0 Å². The topological polar surface area (TPSA) is 66.8 Å². The molecule has 0 atom stereocenters. The van der Waals surface area contributed by atoms with Gasteiger partial charge in [0, 0.05) is 12.1 Å². The molecule has 0 amide bonds. The number of hydrogen-bond donors (Lipinski definition) is 2. The molecule has 0 aromatic heterocycles. The first kappa shape index (κ1) is 12.3. The highest BCUT2D eigenvalue weighted by Gasteiger charge is 2.18. The second-order valence-electron chi connectivity index (χ2n) is 3.31. The van der Waals surface area contributed by atoms with E-state index in [2.05, 4.69) is 0 Å². The van der Waals surface area contributed by atoms with E-state index in [1.54, 1.807) is 0 Å². The van der Waals surface area contributed by atoms with Crippen LogP contribution >= 0.6 is 0 Å². The van der Waals surface area contributed by atoms with Crippen LogP contribution in [0.3, 0.4) is 0 Å². The van der Waals surface area contributed by atoms with E-state index in [9.17, 15) is 14.3 Å². The first-order chi connectivity index (χ1) is 7.56. The van der Waals surface area contributed by atoms with E-state index in [4.69, 9.17) is 9.84 Å². The Morgan fingerprint density at radius 3 is 2.75 bits per heavy atom. The van der Waals surface area contributed by atoms with Crippen molar-refractivity contribution in [3.05, 3.63) is 23.5 Å². The third-order valence-electron chi connectivity index (χ3n) is 2.02. The number of aromatic hydroxyl groups is 1. The Bertz CT molecular complexity index is 390. The number of carboxylic acids is 1. The van der Waals surface area contributed by atoms with E-state index < -0.39 is 23.1 Å². The summed E-state index contributed by atoms with van der Waals surface area (Å²) in [4.78, 5) is 10.8. The molecule has 0 aliphatic rings. The molecule has 88 valence electrons. The highest BCUT2D eigenvalue weighted by Crippen LogP contribution is 2.29. The third kappa shape index (κ3) is 2.85. The standard InChI is InChI=1S/C11H13FO4/c1-2-3-4-16-9-6-7(12)5-8(13)10(9)11(14)15/h5-6,13H,2-4H2,1H3,(H,14,15). The number of unbranched alkanes of at least 4 members (excludes halogenated alkanes) is 1. The molecule has 4 nitrogen and oxygen atoms in total. The Labute approximate surface area is 92.3 Å². The van der Waals surface area contributed by atoms with Crippen molar-refractivity contribution in [3.8, 4) is 11.5 Å². The van der Waals surface area contributed by atoms with Gasteiger partial charge in [0.05, 0.1) is 6.61 Å². The number of aromatic carboxylic acids is 1. The van der Waals surface area contributed by atoms with Gasteiger partial charge in [-0.05, 0) is 6.42 Å². The fourth-order valence-electron chi connectivity index (χ4n) is 1.22. The molecule has 0 heterocycles. The summed E-state index contributed by atoms with van der Waals surface area (Å²) in [6.07, 6.45) is 1.61. The molecule has 0 radical (unpaired) electrons. The van der Waals surface area contributed by atoms with Crippen LogP contribution in [0.2, 0.25) is 0 Å². The molecule has 0 saturated heterocycles. The van der Waals surface area contributed by atoms with E-state index >= 15 is 0 Å². The smallest absolute Gasteiger partial charge is 0.343 e.